The number of aliphatic hydroxyl groups is 1. The Bertz CT molecular complexity index is 487. The lowest BCUT2D eigenvalue weighted by Crippen LogP contribution is -2.35. The predicted octanol–water partition coefficient (Wildman–Crippen LogP) is 3.72. The van der Waals surface area contributed by atoms with Gasteiger partial charge in [-0.3, -0.25) is 9.36 Å². The summed E-state index contributed by atoms with van der Waals surface area (Å²) < 4.78 is 24.3. The van der Waals surface area contributed by atoms with Gasteiger partial charge in [0.2, 0.25) is 5.76 Å². The molecular formula is C17H33N2O5P. The van der Waals surface area contributed by atoms with Gasteiger partial charge in [-0.1, -0.05) is 12.8 Å². The fraction of sp³-hybridized carbons (Fsp3) is 0.824. The molecule has 7 nitrogen and oxygen atoms in total. The van der Waals surface area contributed by atoms with Crippen LogP contribution in [0.25, 0.3) is 0 Å². The van der Waals surface area contributed by atoms with Crippen molar-refractivity contribution in [2.75, 3.05) is 39.4 Å². The third kappa shape index (κ3) is 5.73. The first kappa shape index (κ1) is 22.0. The maximum Gasteiger partial charge on any atom is 0.381 e. The first-order valence-corrected chi connectivity index (χ1v) is 10.9. The zero-order chi connectivity index (χ0) is 18.9. The number of hydrogen-bond acceptors (Lipinski definition) is 6. The van der Waals surface area contributed by atoms with E-state index < -0.39 is 19.3 Å². The van der Waals surface area contributed by atoms with Crippen molar-refractivity contribution in [1.29, 1.82) is 0 Å². The average Bonchev–Trinajstić information content (AvgIpc) is 2.85. The molecule has 8 heteroatoms. The monoisotopic (exact) mass is 376 g/mol. The molecule has 25 heavy (non-hydrogen) atoms. The lowest BCUT2D eigenvalue weighted by Gasteiger charge is -2.31. The van der Waals surface area contributed by atoms with E-state index in [-0.39, 0.29) is 18.7 Å². The fourth-order valence-corrected chi connectivity index (χ4v) is 4.89. The van der Waals surface area contributed by atoms with E-state index >= 15 is 0 Å². The molecule has 0 aromatic heterocycles. The standard InChI is InChI=1S/C17H33N2O5P/c1-5-18(6-2)16(21)15(20)17(19-13-11-9-10-12-14-19)25(22,23-7-3)24-8-4/h20H,5-14H2,1-4H3/b17-15-. The largest absolute Gasteiger partial charge is 0.501 e. The Morgan fingerprint density at radius 2 is 1.48 bits per heavy atom. The van der Waals surface area contributed by atoms with Gasteiger partial charge in [-0.15, -0.1) is 0 Å². The van der Waals surface area contributed by atoms with Crippen LogP contribution in [-0.2, 0) is 18.4 Å². The molecule has 0 radical (unpaired) electrons. The molecule has 0 aromatic carbocycles. The zero-order valence-electron chi connectivity index (χ0n) is 16.0. The molecule has 1 aliphatic rings. The molecule has 1 rings (SSSR count). The summed E-state index contributed by atoms with van der Waals surface area (Å²) in [5.41, 5.74) is 0.0231. The van der Waals surface area contributed by atoms with Crippen molar-refractivity contribution in [3.63, 3.8) is 0 Å². The van der Waals surface area contributed by atoms with Crippen molar-refractivity contribution >= 4 is 13.5 Å². The smallest absolute Gasteiger partial charge is 0.381 e. The molecule has 0 aromatic rings. The molecule has 0 atom stereocenters. The third-order valence-corrected chi connectivity index (χ3v) is 6.44. The van der Waals surface area contributed by atoms with E-state index in [1.807, 2.05) is 18.7 Å². The van der Waals surface area contributed by atoms with Gasteiger partial charge in [-0.2, -0.15) is 0 Å². The van der Waals surface area contributed by atoms with Crippen LogP contribution in [0.5, 0.6) is 0 Å². The molecule has 1 amide bonds. The summed E-state index contributed by atoms with van der Waals surface area (Å²) in [6, 6.07) is 0. The second-order valence-corrected chi connectivity index (χ2v) is 7.82. The highest BCUT2D eigenvalue weighted by molar-refractivity contribution is 7.58. The summed E-state index contributed by atoms with van der Waals surface area (Å²) in [6.07, 6.45) is 3.97. The van der Waals surface area contributed by atoms with Gasteiger partial charge in [-0.25, -0.2) is 0 Å². The zero-order valence-corrected chi connectivity index (χ0v) is 16.9. The molecule has 1 saturated heterocycles. The number of rotatable bonds is 9. The van der Waals surface area contributed by atoms with Crippen LogP contribution in [0.3, 0.4) is 0 Å². The normalized spacial score (nSPS) is 17.0. The fourth-order valence-electron chi connectivity index (χ4n) is 2.99. The van der Waals surface area contributed by atoms with E-state index in [9.17, 15) is 14.5 Å². The average molecular weight is 376 g/mol. The first-order chi connectivity index (χ1) is 11.9. The van der Waals surface area contributed by atoms with Crippen molar-refractivity contribution in [3.05, 3.63) is 11.2 Å². The van der Waals surface area contributed by atoms with Crippen LogP contribution in [-0.4, -0.2) is 60.2 Å². The number of nitrogens with zero attached hydrogens (tertiary/aromatic N) is 2. The Hall–Kier alpha value is -1.04. The molecule has 0 bridgehead atoms. The summed E-state index contributed by atoms with van der Waals surface area (Å²) in [5.74, 6) is -1.06. The van der Waals surface area contributed by atoms with Crippen LogP contribution in [0, 0.1) is 0 Å². The van der Waals surface area contributed by atoms with Crippen molar-refractivity contribution in [2.45, 2.75) is 53.4 Å². The number of likely N-dealkylation sites (N-methyl/N-ethyl adjacent to an activating group) is 1. The van der Waals surface area contributed by atoms with Crippen LogP contribution < -0.4 is 0 Å². The highest BCUT2D eigenvalue weighted by atomic mass is 31.2. The highest BCUT2D eigenvalue weighted by Crippen LogP contribution is 2.58. The minimum Gasteiger partial charge on any atom is -0.501 e. The van der Waals surface area contributed by atoms with E-state index in [0.717, 1.165) is 25.7 Å². The summed E-state index contributed by atoms with van der Waals surface area (Å²) in [4.78, 5) is 16.0. The molecule has 1 aliphatic heterocycles. The Balaban J connectivity index is 3.40. The van der Waals surface area contributed by atoms with Crippen LogP contribution in [0.15, 0.2) is 11.2 Å². The quantitative estimate of drug-likeness (QED) is 0.375. The maximum atomic E-state index is 13.4. The minimum absolute atomic E-state index is 0.0231. The first-order valence-electron chi connectivity index (χ1n) is 9.32. The number of likely N-dealkylation sites (tertiary alicyclic amines) is 1. The lowest BCUT2D eigenvalue weighted by molar-refractivity contribution is -0.129. The van der Waals surface area contributed by atoms with E-state index in [0.29, 0.717) is 26.2 Å². The SMILES string of the molecule is CCOP(=O)(OCC)/C(=C(\O)C(=O)N(CC)CC)N1CCCCCC1. The number of amides is 1. The molecule has 1 fully saturated rings. The molecule has 1 N–H and O–H groups in total. The second-order valence-electron chi connectivity index (χ2n) is 5.88. The van der Waals surface area contributed by atoms with Crippen molar-refractivity contribution < 1.29 is 23.5 Å². The van der Waals surface area contributed by atoms with Gasteiger partial charge in [-0.05, 0) is 40.5 Å². The number of carbonyl (C=O) groups excluding carboxylic acids is 1. The van der Waals surface area contributed by atoms with Crippen LogP contribution in [0.4, 0.5) is 0 Å². The minimum atomic E-state index is -3.78. The van der Waals surface area contributed by atoms with E-state index in [4.69, 9.17) is 9.05 Å². The van der Waals surface area contributed by atoms with Gasteiger partial charge in [0.25, 0.3) is 5.91 Å². The lowest BCUT2D eigenvalue weighted by atomic mass is 10.2. The Kier molecular flexibility index (Phi) is 9.54. The van der Waals surface area contributed by atoms with Crippen LogP contribution in [0.1, 0.15) is 53.4 Å². The Morgan fingerprint density at radius 1 is 1.00 bits per heavy atom. The number of aliphatic hydroxyl groups excluding tert-OH is 1. The van der Waals surface area contributed by atoms with E-state index in [1.165, 1.54) is 4.90 Å². The maximum absolute atomic E-state index is 13.4. The number of hydrogen-bond donors (Lipinski definition) is 1. The van der Waals surface area contributed by atoms with Crippen LogP contribution in [0.2, 0.25) is 0 Å². The van der Waals surface area contributed by atoms with E-state index in [1.54, 1.807) is 13.8 Å². The molecule has 146 valence electrons. The summed E-state index contributed by atoms with van der Waals surface area (Å²) in [6.45, 7) is 9.60. The van der Waals surface area contributed by atoms with Crippen molar-refractivity contribution in [1.82, 2.24) is 9.80 Å². The summed E-state index contributed by atoms with van der Waals surface area (Å²) in [7, 11) is -3.78. The molecule has 0 saturated carbocycles. The Morgan fingerprint density at radius 3 is 1.88 bits per heavy atom. The highest BCUT2D eigenvalue weighted by Gasteiger charge is 2.40. The number of carbonyl (C=O) groups is 1. The van der Waals surface area contributed by atoms with Crippen molar-refractivity contribution in [3.8, 4) is 0 Å². The molecular weight excluding hydrogens is 343 g/mol. The van der Waals surface area contributed by atoms with Gasteiger partial charge in [0.1, 0.15) is 0 Å². The van der Waals surface area contributed by atoms with E-state index in [2.05, 4.69) is 0 Å². The summed E-state index contributed by atoms with van der Waals surface area (Å²) >= 11 is 0. The predicted molar refractivity (Wildman–Crippen MR) is 98.5 cm³/mol. The topological polar surface area (TPSA) is 79.3 Å². The van der Waals surface area contributed by atoms with Gasteiger partial charge >= 0.3 is 7.60 Å². The van der Waals surface area contributed by atoms with Gasteiger partial charge in [0.05, 0.1) is 13.2 Å². The molecule has 0 aliphatic carbocycles. The molecule has 0 unspecified atom stereocenters. The van der Waals surface area contributed by atoms with Gasteiger partial charge < -0.3 is 24.0 Å². The van der Waals surface area contributed by atoms with Crippen LogP contribution >= 0.6 is 7.60 Å². The van der Waals surface area contributed by atoms with Crippen molar-refractivity contribution in [2.24, 2.45) is 0 Å². The molecule has 0 spiro atoms. The Labute approximate surface area is 151 Å². The van der Waals surface area contributed by atoms with Gasteiger partial charge in [0.15, 0.2) is 5.44 Å². The summed E-state index contributed by atoms with van der Waals surface area (Å²) in [5, 5.41) is 10.8. The van der Waals surface area contributed by atoms with Gasteiger partial charge in [0, 0.05) is 26.2 Å². The molecule has 1 heterocycles. The third-order valence-electron chi connectivity index (χ3n) is 4.23. The second kappa shape index (κ2) is 10.8.